The lowest BCUT2D eigenvalue weighted by molar-refractivity contribution is -0.141. The van der Waals surface area contributed by atoms with E-state index < -0.39 is 29.9 Å². The van der Waals surface area contributed by atoms with Crippen LogP contribution in [0.4, 0.5) is 0 Å². The van der Waals surface area contributed by atoms with Crippen molar-refractivity contribution in [2.75, 3.05) is 6.54 Å². The van der Waals surface area contributed by atoms with Gasteiger partial charge < -0.3 is 21.5 Å². The van der Waals surface area contributed by atoms with Gasteiger partial charge in [-0.15, -0.1) is 0 Å². The molecule has 0 aliphatic carbocycles. The van der Waals surface area contributed by atoms with Crippen molar-refractivity contribution < 1.29 is 19.5 Å². The summed E-state index contributed by atoms with van der Waals surface area (Å²) >= 11 is 0. The number of rotatable bonds is 6. The lowest BCUT2D eigenvalue weighted by Crippen LogP contribution is -2.53. The highest BCUT2D eigenvalue weighted by molar-refractivity contribution is 5.90. The SMILES string of the molecule is CC(NC(=O)C(NC(=O)CN)C(C)C)C(=O)O. The average Bonchev–Trinajstić information content (AvgIpc) is 2.24. The van der Waals surface area contributed by atoms with Gasteiger partial charge in [0.2, 0.25) is 11.8 Å². The second kappa shape index (κ2) is 6.85. The molecule has 0 heterocycles. The molecule has 2 amide bonds. The topological polar surface area (TPSA) is 122 Å². The van der Waals surface area contributed by atoms with Crippen LogP contribution in [0, 0.1) is 5.92 Å². The fourth-order valence-electron chi connectivity index (χ4n) is 1.13. The van der Waals surface area contributed by atoms with Crippen LogP contribution in [0.5, 0.6) is 0 Å². The van der Waals surface area contributed by atoms with Crippen LogP contribution in [0.3, 0.4) is 0 Å². The summed E-state index contributed by atoms with van der Waals surface area (Å²) in [5.74, 6) is -2.28. The minimum Gasteiger partial charge on any atom is -0.480 e. The molecule has 0 rings (SSSR count). The third-order valence-corrected chi connectivity index (χ3v) is 2.18. The molecule has 17 heavy (non-hydrogen) atoms. The van der Waals surface area contributed by atoms with E-state index in [0.29, 0.717) is 0 Å². The number of carboxylic acid groups (broad SMARTS) is 1. The van der Waals surface area contributed by atoms with Crippen molar-refractivity contribution in [1.29, 1.82) is 0 Å². The fraction of sp³-hybridized carbons (Fsp3) is 0.700. The molecule has 0 radical (unpaired) electrons. The van der Waals surface area contributed by atoms with Gasteiger partial charge in [-0.05, 0) is 12.8 Å². The van der Waals surface area contributed by atoms with Gasteiger partial charge in [-0.1, -0.05) is 13.8 Å². The highest BCUT2D eigenvalue weighted by atomic mass is 16.4. The van der Waals surface area contributed by atoms with Gasteiger partial charge >= 0.3 is 5.97 Å². The van der Waals surface area contributed by atoms with Crippen LogP contribution in [0.1, 0.15) is 20.8 Å². The van der Waals surface area contributed by atoms with Crippen LogP contribution in [0.25, 0.3) is 0 Å². The van der Waals surface area contributed by atoms with Gasteiger partial charge in [0.05, 0.1) is 6.54 Å². The largest absolute Gasteiger partial charge is 0.480 e. The number of aliphatic carboxylic acids is 1. The molecule has 98 valence electrons. The molecule has 0 saturated carbocycles. The Hall–Kier alpha value is -1.63. The van der Waals surface area contributed by atoms with Crippen molar-refractivity contribution in [3.63, 3.8) is 0 Å². The number of nitrogens with one attached hydrogen (secondary N) is 2. The summed E-state index contributed by atoms with van der Waals surface area (Å²) in [7, 11) is 0. The van der Waals surface area contributed by atoms with Gasteiger partial charge in [-0.3, -0.25) is 14.4 Å². The van der Waals surface area contributed by atoms with Crippen molar-refractivity contribution in [3.05, 3.63) is 0 Å². The Kier molecular flexibility index (Phi) is 6.19. The van der Waals surface area contributed by atoms with Gasteiger partial charge in [-0.2, -0.15) is 0 Å². The number of amides is 2. The van der Waals surface area contributed by atoms with Crippen LogP contribution in [-0.4, -0.2) is 41.5 Å². The molecule has 0 spiro atoms. The Morgan fingerprint density at radius 3 is 2.06 bits per heavy atom. The summed E-state index contributed by atoms with van der Waals surface area (Å²) in [6.45, 7) is 4.62. The maximum absolute atomic E-state index is 11.7. The lowest BCUT2D eigenvalue weighted by atomic mass is 10.0. The van der Waals surface area contributed by atoms with E-state index in [1.54, 1.807) is 13.8 Å². The van der Waals surface area contributed by atoms with Gasteiger partial charge in [0.25, 0.3) is 0 Å². The normalized spacial score (nSPS) is 13.9. The second-order valence-corrected chi connectivity index (χ2v) is 4.06. The monoisotopic (exact) mass is 245 g/mol. The number of hydrogen-bond acceptors (Lipinski definition) is 4. The van der Waals surface area contributed by atoms with Crippen LogP contribution >= 0.6 is 0 Å². The molecule has 0 aliphatic heterocycles. The van der Waals surface area contributed by atoms with Crippen LogP contribution in [0.2, 0.25) is 0 Å². The second-order valence-electron chi connectivity index (χ2n) is 4.06. The highest BCUT2D eigenvalue weighted by Gasteiger charge is 2.26. The quantitative estimate of drug-likeness (QED) is 0.462. The summed E-state index contributed by atoms with van der Waals surface area (Å²) in [6, 6.07) is -1.79. The maximum Gasteiger partial charge on any atom is 0.325 e. The first-order chi connectivity index (χ1) is 7.79. The summed E-state index contributed by atoms with van der Waals surface area (Å²) in [6.07, 6.45) is 0. The van der Waals surface area contributed by atoms with E-state index in [4.69, 9.17) is 10.8 Å². The lowest BCUT2D eigenvalue weighted by Gasteiger charge is -2.22. The zero-order valence-corrected chi connectivity index (χ0v) is 10.2. The Labute approximate surface area is 99.7 Å². The molecule has 0 aliphatic rings. The van der Waals surface area contributed by atoms with Gasteiger partial charge in [0.1, 0.15) is 12.1 Å². The molecule has 0 aromatic heterocycles. The van der Waals surface area contributed by atoms with Crippen molar-refractivity contribution in [3.8, 4) is 0 Å². The van der Waals surface area contributed by atoms with E-state index in [0.717, 1.165) is 0 Å². The first-order valence-electron chi connectivity index (χ1n) is 5.32. The smallest absolute Gasteiger partial charge is 0.325 e. The average molecular weight is 245 g/mol. The van der Waals surface area contributed by atoms with Crippen molar-refractivity contribution >= 4 is 17.8 Å². The molecule has 5 N–H and O–H groups in total. The predicted octanol–water partition coefficient (Wildman–Crippen LogP) is -1.32. The van der Waals surface area contributed by atoms with Crippen molar-refractivity contribution in [2.24, 2.45) is 11.7 Å². The predicted molar refractivity (Wildman–Crippen MR) is 61.1 cm³/mol. The summed E-state index contributed by atoms with van der Waals surface area (Å²) in [5, 5.41) is 13.4. The van der Waals surface area contributed by atoms with Gasteiger partial charge in [-0.25, -0.2) is 0 Å². The number of carbonyl (C=O) groups is 3. The number of hydrogen-bond donors (Lipinski definition) is 4. The molecule has 0 bridgehead atoms. The third-order valence-electron chi connectivity index (χ3n) is 2.18. The Balaban J connectivity index is 4.55. The molecule has 7 nitrogen and oxygen atoms in total. The van der Waals surface area contributed by atoms with Crippen molar-refractivity contribution in [2.45, 2.75) is 32.9 Å². The Morgan fingerprint density at radius 2 is 1.71 bits per heavy atom. The first-order valence-corrected chi connectivity index (χ1v) is 5.32. The van der Waals surface area contributed by atoms with E-state index in [-0.39, 0.29) is 12.5 Å². The number of nitrogens with two attached hydrogens (primary N) is 1. The molecular formula is C10H19N3O4. The van der Waals surface area contributed by atoms with E-state index in [2.05, 4.69) is 10.6 Å². The zero-order chi connectivity index (χ0) is 13.6. The molecule has 2 atom stereocenters. The third kappa shape index (κ3) is 5.30. The van der Waals surface area contributed by atoms with Gasteiger partial charge in [0.15, 0.2) is 0 Å². The standard InChI is InChI=1S/C10H19N3O4/c1-5(2)8(13-7(14)4-11)9(15)12-6(3)10(16)17/h5-6,8H,4,11H2,1-3H3,(H,12,15)(H,13,14)(H,16,17). The van der Waals surface area contributed by atoms with E-state index >= 15 is 0 Å². The minimum atomic E-state index is -1.13. The number of carboxylic acids is 1. The van der Waals surface area contributed by atoms with Crippen molar-refractivity contribution in [1.82, 2.24) is 10.6 Å². The van der Waals surface area contributed by atoms with Crippen LogP contribution in [0.15, 0.2) is 0 Å². The highest BCUT2D eigenvalue weighted by Crippen LogP contribution is 2.02. The van der Waals surface area contributed by atoms with Gasteiger partial charge in [0, 0.05) is 0 Å². The Bertz CT molecular complexity index is 304. The molecule has 2 unspecified atom stereocenters. The van der Waals surface area contributed by atoms with Crippen LogP contribution < -0.4 is 16.4 Å². The maximum atomic E-state index is 11.7. The fourth-order valence-corrected chi connectivity index (χ4v) is 1.13. The summed E-state index contributed by atoms with van der Waals surface area (Å²) < 4.78 is 0. The molecule has 0 aromatic carbocycles. The first kappa shape index (κ1) is 15.4. The minimum absolute atomic E-state index is 0.161. The van der Waals surface area contributed by atoms with E-state index in [1.165, 1.54) is 6.92 Å². The summed E-state index contributed by atoms with van der Waals surface area (Å²) in [5.41, 5.74) is 5.13. The van der Waals surface area contributed by atoms with E-state index in [9.17, 15) is 14.4 Å². The molecule has 0 saturated heterocycles. The summed E-state index contributed by atoms with van der Waals surface area (Å²) in [4.78, 5) is 33.4. The van der Waals surface area contributed by atoms with E-state index in [1.807, 2.05) is 0 Å². The molecular weight excluding hydrogens is 226 g/mol. The zero-order valence-electron chi connectivity index (χ0n) is 10.2. The molecule has 7 heteroatoms. The van der Waals surface area contributed by atoms with Crippen LogP contribution in [-0.2, 0) is 14.4 Å². The molecule has 0 aromatic rings. The molecule has 0 fully saturated rings. The number of carbonyl (C=O) groups excluding carboxylic acids is 2. The Morgan fingerprint density at radius 1 is 1.18 bits per heavy atom.